The molecule has 0 aliphatic carbocycles. The molecule has 1 N–H and O–H groups in total. The summed E-state index contributed by atoms with van der Waals surface area (Å²) in [5.74, 6) is 0.833. The van der Waals surface area contributed by atoms with Crippen LogP contribution in [0, 0.1) is 13.8 Å². The largest absolute Gasteiger partial charge is 0.495 e. The number of methoxy groups -OCH3 is 1. The van der Waals surface area contributed by atoms with E-state index in [-0.39, 0.29) is 5.91 Å². The number of carbonyl (C=O) groups is 1. The summed E-state index contributed by atoms with van der Waals surface area (Å²) in [6.45, 7) is 4.10. The third-order valence-corrected chi connectivity index (χ3v) is 4.54. The summed E-state index contributed by atoms with van der Waals surface area (Å²) >= 11 is 7.47. The number of carbonyl (C=O) groups excluding carboxylic acids is 1. The second-order valence-corrected chi connectivity index (χ2v) is 6.40. The quantitative estimate of drug-likeness (QED) is 0.805. The van der Waals surface area contributed by atoms with Crippen LogP contribution in [0.15, 0.2) is 41.3 Å². The molecule has 0 radical (unpaired) electrons. The minimum Gasteiger partial charge on any atom is -0.495 e. The van der Waals surface area contributed by atoms with Crippen molar-refractivity contribution in [2.24, 2.45) is 0 Å². The van der Waals surface area contributed by atoms with Crippen LogP contribution in [-0.2, 0) is 4.79 Å². The molecule has 2 rings (SSSR count). The van der Waals surface area contributed by atoms with Gasteiger partial charge in [0, 0.05) is 9.92 Å². The Bertz CT molecular complexity index is 688. The number of nitrogens with one attached hydrogen (secondary N) is 1. The Morgan fingerprint density at radius 3 is 2.68 bits per heavy atom. The summed E-state index contributed by atoms with van der Waals surface area (Å²) in [6, 6.07) is 11.3. The van der Waals surface area contributed by atoms with Crippen LogP contribution in [0.4, 0.5) is 5.69 Å². The van der Waals surface area contributed by atoms with Crippen LogP contribution in [0.2, 0.25) is 5.02 Å². The maximum atomic E-state index is 12.1. The molecule has 3 nitrogen and oxygen atoms in total. The minimum atomic E-state index is -0.0921. The van der Waals surface area contributed by atoms with Crippen molar-refractivity contribution in [2.45, 2.75) is 18.7 Å². The molecule has 116 valence electrons. The number of thioether (sulfide) groups is 1. The van der Waals surface area contributed by atoms with Crippen LogP contribution in [0.1, 0.15) is 11.1 Å². The van der Waals surface area contributed by atoms with Crippen LogP contribution >= 0.6 is 23.4 Å². The highest BCUT2D eigenvalue weighted by Gasteiger charge is 2.09. The Kier molecular flexibility index (Phi) is 5.75. The Labute approximate surface area is 140 Å². The number of rotatable bonds is 5. The lowest BCUT2D eigenvalue weighted by Crippen LogP contribution is -2.14. The van der Waals surface area contributed by atoms with E-state index in [1.807, 2.05) is 19.1 Å². The summed E-state index contributed by atoms with van der Waals surface area (Å²) in [5, 5.41) is 3.39. The number of ether oxygens (including phenoxy) is 1. The highest BCUT2D eigenvalue weighted by Crippen LogP contribution is 2.28. The Balaban J connectivity index is 2.00. The minimum absolute atomic E-state index is 0.0921. The molecule has 0 spiro atoms. The molecule has 0 saturated carbocycles. The summed E-state index contributed by atoms with van der Waals surface area (Å²) in [5.41, 5.74) is 2.98. The second-order valence-electron chi connectivity index (χ2n) is 4.95. The topological polar surface area (TPSA) is 38.3 Å². The van der Waals surface area contributed by atoms with Gasteiger partial charge >= 0.3 is 0 Å². The maximum absolute atomic E-state index is 12.1. The number of benzene rings is 2. The van der Waals surface area contributed by atoms with E-state index in [9.17, 15) is 4.79 Å². The summed E-state index contributed by atoms with van der Waals surface area (Å²) in [6.07, 6.45) is 0. The van der Waals surface area contributed by atoms with Gasteiger partial charge in [0.1, 0.15) is 5.75 Å². The lowest BCUT2D eigenvalue weighted by molar-refractivity contribution is -0.113. The van der Waals surface area contributed by atoms with Crippen LogP contribution < -0.4 is 10.1 Å². The van der Waals surface area contributed by atoms with E-state index in [0.29, 0.717) is 22.2 Å². The molecular weight excluding hydrogens is 318 g/mol. The van der Waals surface area contributed by atoms with E-state index in [2.05, 4.69) is 18.3 Å². The molecule has 0 aliphatic heterocycles. The van der Waals surface area contributed by atoms with Gasteiger partial charge in [-0.3, -0.25) is 4.79 Å². The number of anilines is 1. The van der Waals surface area contributed by atoms with E-state index < -0.39 is 0 Å². The zero-order valence-electron chi connectivity index (χ0n) is 12.8. The highest BCUT2D eigenvalue weighted by molar-refractivity contribution is 8.00. The molecule has 2 aromatic carbocycles. The van der Waals surface area contributed by atoms with E-state index in [4.69, 9.17) is 16.3 Å². The molecular formula is C17H18ClNO2S. The Hall–Kier alpha value is -1.65. The standard InChI is InChI=1S/C17H18ClNO2S/c1-11-4-7-16(12(2)8-11)22-10-17(20)19-14-9-13(18)5-6-15(14)21-3/h4-9H,10H2,1-3H3,(H,19,20). The molecule has 0 heterocycles. The van der Waals surface area contributed by atoms with Crippen LogP contribution in [0.5, 0.6) is 5.75 Å². The van der Waals surface area contributed by atoms with E-state index in [1.165, 1.54) is 22.9 Å². The van der Waals surface area contributed by atoms with Gasteiger partial charge in [0.05, 0.1) is 18.6 Å². The highest BCUT2D eigenvalue weighted by atomic mass is 35.5. The fourth-order valence-electron chi connectivity index (χ4n) is 2.07. The lowest BCUT2D eigenvalue weighted by atomic mass is 10.2. The lowest BCUT2D eigenvalue weighted by Gasteiger charge is -2.11. The van der Waals surface area contributed by atoms with Crippen molar-refractivity contribution in [2.75, 3.05) is 18.2 Å². The van der Waals surface area contributed by atoms with Crippen LogP contribution in [-0.4, -0.2) is 18.8 Å². The Morgan fingerprint density at radius 1 is 1.23 bits per heavy atom. The maximum Gasteiger partial charge on any atom is 0.234 e. The normalized spacial score (nSPS) is 10.4. The van der Waals surface area contributed by atoms with Crippen LogP contribution in [0.3, 0.4) is 0 Å². The molecule has 0 aromatic heterocycles. The number of hydrogen-bond donors (Lipinski definition) is 1. The molecule has 1 amide bonds. The van der Waals surface area contributed by atoms with Gasteiger partial charge in [-0.25, -0.2) is 0 Å². The summed E-state index contributed by atoms with van der Waals surface area (Å²) in [7, 11) is 1.56. The average Bonchev–Trinajstić information content (AvgIpc) is 2.46. The first-order chi connectivity index (χ1) is 10.5. The van der Waals surface area contributed by atoms with E-state index in [1.54, 1.807) is 25.3 Å². The summed E-state index contributed by atoms with van der Waals surface area (Å²) in [4.78, 5) is 13.2. The van der Waals surface area contributed by atoms with E-state index >= 15 is 0 Å². The zero-order chi connectivity index (χ0) is 16.1. The van der Waals surface area contributed by atoms with Crippen molar-refractivity contribution >= 4 is 35.0 Å². The molecule has 22 heavy (non-hydrogen) atoms. The molecule has 0 atom stereocenters. The summed E-state index contributed by atoms with van der Waals surface area (Å²) < 4.78 is 5.22. The molecule has 0 bridgehead atoms. The van der Waals surface area contributed by atoms with Crippen molar-refractivity contribution in [3.63, 3.8) is 0 Å². The predicted octanol–water partition coefficient (Wildman–Crippen LogP) is 4.70. The third-order valence-electron chi connectivity index (χ3n) is 3.12. The van der Waals surface area contributed by atoms with E-state index in [0.717, 1.165) is 4.90 Å². The van der Waals surface area contributed by atoms with Crippen molar-refractivity contribution in [3.8, 4) is 5.75 Å². The Morgan fingerprint density at radius 2 is 2.00 bits per heavy atom. The fraction of sp³-hybridized carbons (Fsp3) is 0.235. The molecule has 0 aliphatic rings. The smallest absolute Gasteiger partial charge is 0.234 e. The number of hydrogen-bond acceptors (Lipinski definition) is 3. The number of halogens is 1. The first-order valence-corrected chi connectivity index (χ1v) is 8.19. The van der Waals surface area contributed by atoms with Gasteiger partial charge < -0.3 is 10.1 Å². The third kappa shape index (κ3) is 4.42. The van der Waals surface area contributed by atoms with Gasteiger partial charge in [0.25, 0.3) is 0 Å². The average molecular weight is 336 g/mol. The first-order valence-electron chi connectivity index (χ1n) is 6.83. The number of amides is 1. The van der Waals surface area contributed by atoms with Crippen molar-refractivity contribution in [1.29, 1.82) is 0 Å². The van der Waals surface area contributed by atoms with Gasteiger partial charge in [-0.05, 0) is 43.7 Å². The SMILES string of the molecule is COc1ccc(Cl)cc1NC(=O)CSc1ccc(C)cc1C. The predicted molar refractivity (Wildman–Crippen MR) is 93.3 cm³/mol. The van der Waals surface area contributed by atoms with Gasteiger partial charge in [-0.15, -0.1) is 11.8 Å². The zero-order valence-corrected chi connectivity index (χ0v) is 14.3. The first kappa shape index (κ1) is 16.7. The van der Waals surface area contributed by atoms with Crippen molar-refractivity contribution < 1.29 is 9.53 Å². The second kappa shape index (κ2) is 7.56. The van der Waals surface area contributed by atoms with Gasteiger partial charge in [0.2, 0.25) is 5.91 Å². The fourth-order valence-corrected chi connectivity index (χ4v) is 3.05. The van der Waals surface area contributed by atoms with Crippen molar-refractivity contribution in [1.82, 2.24) is 0 Å². The number of aryl methyl sites for hydroxylation is 2. The molecule has 5 heteroatoms. The molecule has 0 fully saturated rings. The monoisotopic (exact) mass is 335 g/mol. The van der Waals surface area contributed by atoms with Gasteiger partial charge in [-0.1, -0.05) is 29.3 Å². The van der Waals surface area contributed by atoms with Gasteiger partial charge in [0.15, 0.2) is 0 Å². The van der Waals surface area contributed by atoms with Crippen molar-refractivity contribution in [3.05, 3.63) is 52.5 Å². The molecule has 0 saturated heterocycles. The molecule has 2 aromatic rings. The van der Waals surface area contributed by atoms with Crippen LogP contribution in [0.25, 0.3) is 0 Å². The molecule has 0 unspecified atom stereocenters. The van der Waals surface area contributed by atoms with Gasteiger partial charge in [-0.2, -0.15) is 0 Å².